The molecule has 5 atom stereocenters. The van der Waals surface area contributed by atoms with E-state index in [4.69, 9.17) is 29.4 Å². The van der Waals surface area contributed by atoms with Gasteiger partial charge in [0.1, 0.15) is 35.7 Å². The van der Waals surface area contributed by atoms with Gasteiger partial charge >= 0.3 is 17.9 Å². The van der Waals surface area contributed by atoms with Gasteiger partial charge < -0.3 is 29.4 Å². The minimum Gasteiger partial charge on any atom is -0.461 e. The van der Waals surface area contributed by atoms with E-state index in [1.54, 1.807) is 46.8 Å². The van der Waals surface area contributed by atoms with Gasteiger partial charge in [0.25, 0.3) is 0 Å². The molecule has 3 heterocycles. The first-order valence-corrected chi connectivity index (χ1v) is 15.5. The second-order valence-corrected chi connectivity index (χ2v) is 12.3. The number of nitrogens with zero attached hydrogens (tertiary/aromatic N) is 4. The normalized spacial score (nSPS) is 24.4. The van der Waals surface area contributed by atoms with E-state index in [9.17, 15) is 19.6 Å². The van der Waals surface area contributed by atoms with Crippen molar-refractivity contribution in [2.45, 2.75) is 109 Å². The molecule has 0 unspecified atom stereocenters. The summed E-state index contributed by atoms with van der Waals surface area (Å²) in [6.07, 6.45) is 2.48. The molecule has 2 aromatic heterocycles. The van der Waals surface area contributed by atoms with Crippen LogP contribution in [-0.2, 0) is 38.1 Å². The monoisotopic (exact) mass is 628 g/mol. The Morgan fingerprint density at radius 3 is 2.42 bits per heavy atom. The van der Waals surface area contributed by atoms with Crippen LogP contribution in [0.5, 0.6) is 0 Å². The number of ether oxygens (including phenoxy) is 5. The van der Waals surface area contributed by atoms with Crippen molar-refractivity contribution in [3.8, 4) is 6.07 Å². The molecule has 0 radical (unpaired) electrons. The molecule has 246 valence electrons. The summed E-state index contributed by atoms with van der Waals surface area (Å²) >= 11 is 0. The number of fused-ring (bicyclic) bond motifs is 1. The summed E-state index contributed by atoms with van der Waals surface area (Å²) in [6, 6.07) is 4.87. The van der Waals surface area contributed by atoms with Crippen LogP contribution < -0.4 is 11.1 Å². The third-order valence-electron chi connectivity index (χ3n) is 8.12. The van der Waals surface area contributed by atoms with Crippen LogP contribution in [0, 0.1) is 23.2 Å². The summed E-state index contributed by atoms with van der Waals surface area (Å²) < 4.78 is 31.6. The molecule has 14 nitrogen and oxygen atoms in total. The van der Waals surface area contributed by atoms with Crippen LogP contribution in [0.2, 0.25) is 0 Å². The first-order chi connectivity index (χ1) is 21.5. The topological polar surface area (TPSA) is 189 Å². The van der Waals surface area contributed by atoms with Crippen LogP contribution in [-0.4, -0.2) is 75.8 Å². The molecule has 0 amide bonds. The van der Waals surface area contributed by atoms with E-state index >= 15 is 0 Å². The van der Waals surface area contributed by atoms with Crippen LogP contribution in [0.15, 0.2) is 18.5 Å². The molecule has 14 heteroatoms. The van der Waals surface area contributed by atoms with Crippen LogP contribution in [0.3, 0.4) is 0 Å². The predicted molar refractivity (Wildman–Crippen MR) is 160 cm³/mol. The Bertz CT molecular complexity index is 1380. The molecule has 0 bridgehead atoms. The number of carbonyl (C=O) groups is 3. The fourth-order valence-electron chi connectivity index (χ4n) is 5.48. The van der Waals surface area contributed by atoms with Crippen LogP contribution >= 0.6 is 0 Å². The van der Waals surface area contributed by atoms with Crippen LogP contribution in [0.4, 0.5) is 5.82 Å². The smallest absolute Gasteiger partial charge is 0.323 e. The molecule has 2 aliphatic rings. The molecule has 0 spiro atoms. The average Bonchev–Trinajstić information content (AvgIpc) is 3.56. The van der Waals surface area contributed by atoms with Gasteiger partial charge in [0, 0.05) is 0 Å². The maximum atomic E-state index is 13.0. The summed E-state index contributed by atoms with van der Waals surface area (Å²) in [5.74, 6) is -2.29. The number of hydrogen-bond acceptors (Lipinski definition) is 13. The molecule has 0 aromatic carbocycles. The summed E-state index contributed by atoms with van der Waals surface area (Å²) in [5, 5.41) is 17.3. The Kier molecular flexibility index (Phi) is 11.4. The SMILES string of the molecule is CC(C)C(=O)O[C@H]1[C@H](c2ccc3c(N)ncnn23)O[C@](CC#N)(COCN[C@@H](C)C(=O)OC2CCCCC2)[C@H]1OC(=O)C(C)C. The Morgan fingerprint density at radius 2 is 1.76 bits per heavy atom. The number of aromatic nitrogens is 3. The van der Waals surface area contributed by atoms with Gasteiger partial charge in [0.05, 0.1) is 43.4 Å². The maximum Gasteiger partial charge on any atom is 0.323 e. The van der Waals surface area contributed by atoms with E-state index in [1.807, 2.05) is 0 Å². The molecule has 1 saturated carbocycles. The second-order valence-electron chi connectivity index (χ2n) is 12.3. The average molecular weight is 629 g/mol. The van der Waals surface area contributed by atoms with Gasteiger partial charge in [-0.1, -0.05) is 34.1 Å². The minimum absolute atomic E-state index is 0.0771. The van der Waals surface area contributed by atoms with Crippen molar-refractivity contribution in [3.05, 3.63) is 24.2 Å². The zero-order valence-corrected chi connectivity index (χ0v) is 26.6. The maximum absolute atomic E-state index is 13.0. The first kappa shape index (κ1) is 34.1. The van der Waals surface area contributed by atoms with Gasteiger partial charge in [0.2, 0.25) is 0 Å². The van der Waals surface area contributed by atoms with Gasteiger partial charge in [0.15, 0.2) is 18.0 Å². The lowest BCUT2D eigenvalue weighted by Crippen LogP contribution is -2.51. The highest BCUT2D eigenvalue weighted by Gasteiger charge is 2.60. The molecule has 4 rings (SSSR count). The minimum atomic E-state index is -1.55. The lowest BCUT2D eigenvalue weighted by Gasteiger charge is -2.33. The number of hydrogen-bond donors (Lipinski definition) is 2. The molecular weight excluding hydrogens is 584 g/mol. The van der Waals surface area contributed by atoms with E-state index in [0.29, 0.717) is 11.2 Å². The van der Waals surface area contributed by atoms with Crippen molar-refractivity contribution in [1.29, 1.82) is 5.26 Å². The molecule has 2 aromatic rings. The number of nitrogens with one attached hydrogen (secondary N) is 1. The number of nitriles is 1. The predicted octanol–water partition coefficient (Wildman–Crippen LogP) is 3.00. The largest absolute Gasteiger partial charge is 0.461 e. The highest BCUT2D eigenvalue weighted by Crippen LogP contribution is 2.46. The highest BCUT2D eigenvalue weighted by atomic mass is 16.7. The Hall–Kier alpha value is -3.80. The number of anilines is 1. The fraction of sp³-hybridized carbons (Fsp3) is 0.677. The molecule has 1 aliphatic carbocycles. The van der Waals surface area contributed by atoms with E-state index in [1.165, 1.54) is 10.8 Å². The molecule has 1 saturated heterocycles. The summed E-state index contributed by atoms with van der Waals surface area (Å²) in [5.41, 5.74) is 5.45. The Labute approximate surface area is 262 Å². The zero-order valence-electron chi connectivity index (χ0n) is 26.6. The van der Waals surface area contributed by atoms with Gasteiger partial charge in [-0.25, -0.2) is 9.50 Å². The van der Waals surface area contributed by atoms with Crippen molar-refractivity contribution in [3.63, 3.8) is 0 Å². The lowest BCUT2D eigenvalue weighted by molar-refractivity contribution is -0.179. The summed E-state index contributed by atoms with van der Waals surface area (Å²) in [7, 11) is 0. The summed E-state index contributed by atoms with van der Waals surface area (Å²) in [4.78, 5) is 42.7. The van der Waals surface area contributed by atoms with Gasteiger partial charge in [-0.15, -0.1) is 0 Å². The quantitative estimate of drug-likeness (QED) is 0.143. The standard InChI is InChI=1S/C31H44N6O8/c1-18(2)28(38)43-25-24(22-11-12-23-27(33)34-16-36-37(22)23)45-31(13-14-32,26(25)44-29(39)19(3)4)15-41-17-35-20(5)30(40)42-21-9-7-6-8-10-21/h11-12,16,18-21,24-26,35H,6-10,13,15,17H2,1-5H3,(H2,33,34,36)/t20-,24-,25-,26-,31+/m0/s1. The van der Waals surface area contributed by atoms with E-state index in [0.717, 1.165) is 32.1 Å². The van der Waals surface area contributed by atoms with Crippen molar-refractivity contribution in [2.75, 3.05) is 19.1 Å². The Balaban J connectivity index is 1.60. The first-order valence-electron chi connectivity index (χ1n) is 15.5. The molecule has 1 aliphatic heterocycles. The van der Waals surface area contributed by atoms with Crippen molar-refractivity contribution < 1.29 is 38.1 Å². The molecule has 45 heavy (non-hydrogen) atoms. The van der Waals surface area contributed by atoms with E-state index < -0.39 is 53.7 Å². The van der Waals surface area contributed by atoms with Crippen molar-refractivity contribution in [2.24, 2.45) is 11.8 Å². The van der Waals surface area contributed by atoms with Crippen molar-refractivity contribution in [1.82, 2.24) is 19.9 Å². The molecular formula is C31H44N6O8. The van der Waals surface area contributed by atoms with Gasteiger partial charge in [-0.2, -0.15) is 10.4 Å². The number of esters is 3. The zero-order chi connectivity index (χ0) is 32.7. The van der Waals surface area contributed by atoms with Gasteiger partial charge in [-0.3, -0.25) is 19.7 Å². The number of carbonyl (C=O) groups excluding carboxylic acids is 3. The lowest BCUT2D eigenvalue weighted by atomic mass is 9.91. The van der Waals surface area contributed by atoms with Gasteiger partial charge in [-0.05, 0) is 44.7 Å². The molecule has 2 fully saturated rings. The number of nitrogens with two attached hydrogens (primary N) is 1. The van der Waals surface area contributed by atoms with E-state index in [-0.39, 0.29) is 37.6 Å². The number of nitrogen functional groups attached to an aromatic ring is 1. The third-order valence-corrected chi connectivity index (χ3v) is 8.12. The Morgan fingerprint density at radius 1 is 1.07 bits per heavy atom. The fourth-order valence-corrected chi connectivity index (χ4v) is 5.48. The molecule has 3 N–H and O–H groups in total. The number of rotatable bonds is 13. The van der Waals surface area contributed by atoms with Crippen molar-refractivity contribution >= 4 is 29.2 Å². The third kappa shape index (κ3) is 7.89. The highest BCUT2D eigenvalue weighted by molar-refractivity contribution is 5.75. The summed E-state index contributed by atoms with van der Waals surface area (Å²) in [6.45, 7) is 8.06. The van der Waals surface area contributed by atoms with E-state index in [2.05, 4.69) is 21.5 Å². The van der Waals surface area contributed by atoms with Crippen LogP contribution in [0.1, 0.15) is 84.9 Å². The van der Waals surface area contributed by atoms with Crippen LogP contribution in [0.25, 0.3) is 5.52 Å². The second kappa shape index (κ2) is 15.0.